The number of hydrogen-bond donors (Lipinski definition) is 1. The number of thiocarbonyl (C=S) groups is 1. The minimum atomic E-state index is -0.199. The molecule has 2 atom stereocenters. The molecule has 0 amide bonds. The van der Waals surface area contributed by atoms with E-state index in [9.17, 15) is 0 Å². The maximum atomic E-state index is 6.52. The van der Waals surface area contributed by atoms with Crippen LogP contribution in [0.1, 0.15) is 29.1 Å². The van der Waals surface area contributed by atoms with E-state index in [4.69, 9.17) is 21.4 Å². The van der Waals surface area contributed by atoms with Crippen molar-refractivity contribution in [3.05, 3.63) is 100 Å². The molecule has 8 heteroatoms. The van der Waals surface area contributed by atoms with E-state index in [1.54, 1.807) is 0 Å². The van der Waals surface area contributed by atoms with Gasteiger partial charge >= 0.3 is 0 Å². The van der Waals surface area contributed by atoms with Crippen LogP contribution >= 0.6 is 28.1 Å². The number of halogens is 1. The third kappa shape index (κ3) is 4.77. The zero-order chi connectivity index (χ0) is 25.4. The van der Waals surface area contributed by atoms with Crippen LogP contribution in [0, 0.1) is 6.92 Å². The van der Waals surface area contributed by atoms with Crippen LogP contribution in [0.25, 0.3) is 11.3 Å². The Balaban J connectivity index is 1.38. The van der Waals surface area contributed by atoms with E-state index < -0.39 is 0 Å². The minimum Gasteiger partial charge on any atom is -0.459 e. The van der Waals surface area contributed by atoms with Crippen LogP contribution in [0.15, 0.2) is 87.9 Å². The minimum absolute atomic E-state index is 0.159. The summed E-state index contributed by atoms with van der Waals surface area (Å²) in [7, 11) is 0. The van der Waals surface area contributed by atoms with E-state index in [1.165, 1.54) is 11.3 Å². The number of pyridine rings is 1. The molecule has 2 aliphatic heterocycles. The van der Waals surface area contributed by atoms with Gasteiger partial charge in [-0.05, 0) is 85.4 Å². The molecule has 1 N–H and O–H groups in total. The average molecular weight is 576 g/mol. The average Bonchev–Trinajstić information content (AvgIpc) is 3.54. The number of hydrogen-bond acceptors (Lipinski definition) is 5. The van der Waals surface area contributed by atoms with Gasteiger partial charge in [0.1, 0.15) is 17.6 Å². The monoisotopic (exact) mass is 574 g/mol. The molecule has 4 heterocycles. The van der Waals surface area contributed by atoms with Crippen molar-refractivity contribution in [2.24, 2.45) is 0 Å². The lowest BCUT2D eigenvalue weighted by Gasteiger charge is -2.30. The quantitative estimate of drug-likeness (QED) is 0.276. The van der Waals surface area contributed by atoms with E-state index in [0.717, 1.165) is 59.2 Å². The zero-order valence-electron chi connectivity index (χ0n) is 20.4. The van der Waals surface area contributed by atoms with Crippen molar-refractivity contribution in [3.63, 3.8) is 0 Å². The first kappa shape index (κ1) is 24.2. The number of benzene rings is 2. The van der Waals surface area contributed by atoms with Gasteiger partial charge in [-0.3, -0.25) is 4.98 Å². The van der Waals surface area contributed by atoms with E-state index in [2.05, 4.69) is 85.4 Å². The molecule has 2 fully saturated rings. The molecule has 0 saturated carbocycles. The van der Waals surface area contributed by atoms with Crippen LogP contribution in [0.5, 0.6) is 0 Å². The van der Waals surface area contributed by atoms with Crippen LogP contribution in [0.3, 0.4) is 0 Å². The number of nitrogens with one attached hydrogen (secondary N) is 1. The van der Waals surface area contributed by atoms with E-state index in [1.807, 2.05) is 36.5 Å². The predicted octanol–water partition coefficient (Wildman–Crippen LogP) is 6.43. The van der Waals surface area contributed by atoms with Gasteiger partial charge in [-0.2, -0.15) is 0 Å². The standard InChI is InChI=1S/C29H27BrN4O2S/c1-19-5-10-22(23(30)18-19)25-11-12-26(36-25)28-27(24-4-2-3-13-31-24)32-29(37)34(28)21-8-6-20(7-9-21)33-14-16-35-17-15-33/h2-13,18,27-28H,14-17H2,1H3,(H,32,37). The molecule has 37 heavy (non-hydrogen) atoms. The summed E-state index contributed by atoms with van der Waals surface area (Å²) in [5.74, 6) is 1.63. The number of anilines is 2. The van der Waals surface area contributed by atoms with Gasteiger partial charge in [-0.25, -0.2) is 0 Å². The summed E-state index contributed by atoms with van der Waals surface area (Å²) in [5.41, 5.74) is 5.31. The van der Waals surface area contributed by atoms with Crippen molar-refractivity contribution in [2.75, 3.05) is 36.1 Å². The highest BCUT2D eigenvalue weighted by Crippen LogP contribution is 2.43. The van der Waals surface area contributed by atoms with Gasteiger partial charge in [0.2, 0.25) is 0 Å². The lowest BCUT2D eigenvalue weighted by atomic mass is 10.0. The fourth-order valence-corrected chi connectivity index (χ4v) is 6.08. The molecule has 0 spiro atoms. The summed E-state index contributed by atoms with van der Waals surface area (Å²) >= 11 is 9.58. The first-order valence-corrected chi connectivity index (χ1v) is 13.6. The molecule has 0 aliphatic carbocycles. The third-order valence-electron chi connectivity index (χ3n) is 6.91. The summed E-state index contributed by atoms with van der Waals surface area (Å²) in [6.45, 7) is 5.39. The molecule has 6 nitrogen and oxygen atoms in total. The van der Waals surface area contributed by atoms with Crippen molar-refractivity contribution in [1.29, 1.82) is 0 Å². The topological polar surface area (TPSA) is 53.8 Å². The van der Waals surface area contributed by atoms with Gasteiger partial charge in [0, 0.05) is 40.7 Å². The molecular formula is C29H27BrN4O2S. The highest BCUT2D eigenvalue weighted by molar-refractivity contribution is 9.10. The van der Waals surface area contributed by atoms with Crippen LogP contribution < -0.4 is 15.1 Å². The maximum absolute atomic E-state index is 6.52. The van der Waals surface area contributed by atoms with Crippen LogP contribution in [0.4, 0.5) is 11.4 Å². The number of rotatable bonds is 5. The molecule has 2 aromatic carbocycles. The van der Waals surface area contributed by atoms with E-state index in [0.29, 0.717) is 5.11 Å². The van der Waals surface area contributed by atoms with Gasteiger partial charge in [0.05, 0.1) is 24.9 Å². The first-order chi connectivity index (χ1) is 18.1. The van der Waals surface area contributed by atoms with Crippen molar-refractivity contribution >= 4 is 44.6 Å². The Morgan fingerprint density at radius 1 is 0.973 bits per heavy atom. The highest BCUT2D eigenvalue weighted by atomic mass is 79.9. The van der Waals surface area contributed by atoms with Crippen molar-refractivity contribution < 1.29 is 9.15 Å². The molecule has 188 valence electrons. The zero-order valence-corrected chi connectivity index (χ0v) is 22.8. The van der Waals surface area contributed by atoms with Crippen molar-refractivity contribution in [3.8, 4) is 11.3 Å². The number of furan rings is 1. The van der Waals surface area contributed by atoms with E-state index in [-0.39, 0.29) is 12.1 Å². The molecular weight excluding hydrogens is 548 g/mol. The van der Waals surface area contributed by atoms with Gasteiger partial charge in [0.15, 0.2) is 5.11 Å². The Bertz CT molecular complexity index is 1400. The molecule has 4 aromatic rings. The van der Waals surface area contributed by atoms with Crippen LogP contribution in [-0.4, -0.2) is 36.4 Å². The molecule has 0 bridgehead atoms. The van der Waals surface area contributed by atoms with Crippen molar-refractivity contribution in [2.45, 2.75) is 19.0 Å². The van der Waals surface area contributed by atoms with E-state index >= 15 is 0 Å². The summed E-state index contributed by atoms with van der Waals surface area (Å²) in [6.07, 6.45) is 1.81. The lowest BCUT2D eigenvalue weighted by molar-refractivity contribution is 0.122. The number of aromatic nitrogens is 1. The highest BCUT2D eigenvalue weighted by Gasteiger charge is 2.42. The second-order valence-electron chi connectivity index (χ2n) is 9.30. The van der Waals surface area contributed by atoms with Gasteiger partial charge in [-0.1, -0.05) is 28.1 Å². The fourth-order valence-electron chi connectivity index (χ4n) is 5.04. The van der Waals surface area contributed by atoms with Crippen molar-refractivity contribution in [1.82, 2.24) is 10.3 Å². The Labute approximate surface area is 230 Å². The molecule has 2 saturated heterocycles. The number of aryl methyl sites for hydroxylation is 1. The Hall–Kier alpha value is -3.20. The van der Waals surface area contributed by atoms with Crippen LogP contribution in [-0.2, 0) is 4.74 Å². The molecule has 2 aromatic heterocycles. The molecule has 6 rings (SSSR count). The van der Waals surface area contributed by atoms with Gasteiger partial charge in [0.25, 0.3) is 0 Å². The predicted molar refractivity (Wildman–Crippen MR) is 154 cm³/mol. The maximum Gasteiger partial charge on any atom is 0.174 e. The smallest absolute Gasteiger partial charge is 0.174 e. The number of ether oxygens (including phenoxy) is 1. The summed E-state index contributed by atoms with van der Waals surface area (Å²) in [4.78, 5) is 9.14. The third-order valence-corrected chi connectivity index (χ3v) is 7.88. The summed E-state index contributed by atoms with van der Waals surface area (Å²) in [5, 5.41) is 4.16. The second kappa shape index (κ2) is 10.3. The lowest BCUT2D eigenvalue weighted by Crippen LogP contribution is -2.36. The van der Waals surface area contributed by atoms with Gasteiger partial charge in [-0.15, -0.1) is 0 Å². The van der Waals surface area contributed by atoms with Crippen LogP contribution in [0.2, 0.25) is 0 Å². The first-order valence-electron chi connectivity index (χ1n) is 12.4. The molecule has 2 unspecified atom stereocenters. The normalized spacial score (nSPS) is 19.8. The Morgan fingerprint density at radius 3 is 2.49 bits per heavy atom. The Morgan fingerprint density at radius 2 is 1.76 bits per heavy atom. The number of morpholine rings is 1. The fraction of sp³-hybridized carbons (Fsp3) is 0.241. The molecule has 0 radical (unpaired) electrons. The Kier molecular flexibility index (Phi) is 6.71. The summed E-state index contributed by atoms with van der Waals surface area (Å²) < 4.78 is 13.0. The summed E-state index contributed by atoms with van der Waals surface area (Å²) in [6, 6.07) is 24.5. The number of nitrogens with zero attached hydrogens (tertiary/aromatic N) is 3. The SMILES string of the molecule is Cc1ccc(-c2ccc(C3C(c4ccccn4)NC(=S)N3c3ccc(N4CCOCC4)cc3)o2)c(Br)c1. The largest absolute Gasteiger partial charge is 0.459 e. The molecule has 2 aliphatic rings. The second-order valence-corrected chi connectivity index (χ2v) is 10.5. The van der Waals surface area contributed by atoms with Gasteiger partial charge < -0.3 is 24.3 Å².